The van der Waals surface area contributed by atoms with Crippen LogP contribution >= 0.6 is 0 Å². The van der Waals surface area contributed by atoms with Gasteiger partial charge in [-0.15, -0.1) is 0 Å². The molecule has 0 bridgehead atoms. The van der Waals surface area contributed by atoms with Crippen LogP contribution in [0.1, 0.15) is 17.3 Å². The first-order valence-corrected chi connectivity index (χ1v) is 6.96. The molecular formula is C11H14N2O6S. The molecule has 1 aromatic carbocycles. The molecule has 0 aromatic heterocycles. The molecule has 1 unspecified atom stereocenters. The minimum atomic E-state index is -4.03. The number of nitrogens with one attached hydrogen (secondary N) is 1. The fourth-order valence-electron chi connectivity index (χ4n) is 1.32. The lowest BCUT2D eigenvalue weighted by Gasteiger charge is -2.14. The third-order valence-electron chi connectivity index (χ3n) is 2.55. The average Bonchev–Trinajstić information content (AvgIpc) is 2.38. The van der Waals surface area contributed by atoms with Crippen LogP contribution in [0.15, 0.2) is 18.2 Å². The molecule has 20 heavy (non-hydrogen) atoms. The van der Waals surface area contributed by atoms with Crippen LogP contribution in [0.3, 0.4) is 0 Å². The van der Waals surface area contributed by atoms with Crippen LogP contribution < -0.4 is 10.5 Å². The lowest BCUT2D eigenvalue weighted by Crippen LogP contribution is -2.33. The average molecular weight is 302 g/mol. The van der Waals surface area contributed by atoms with E-state index in [9.17, 15) is 18.0 Å². The summed E-state index contributed by atoms with van der Waals surface area (Å²) < 4.78 is 30.2. The first kappa shape index (κ1) is 15.8. The first-order chi connectivity index (χ1) is 9.19. The number of aromatic carboxylic acids is 1. The Kier molecular flexibility index (Phi) is 4.56. The summed E-state index contributed by atoms with van der Waals surface area (Å²) in [6.45, 7) is 1.16. The molecule has 0 aliphatic carbocycles. The zero-order valence-electron chi connectivity index (χ0n) is 10.8. The molecule has 0 amide bonds. The number of esters is 1. The fourth-order valence-corrected chi connectivity index (χ4v) is 2.34. The van der Waals surface area contributed by atoms with Gasteiger partial charge < -0.3 is 15.6 Å². The molecule has 0 aliphatic heterocycles. The molecule has 0 spiro atoms. The van der Waals surface area contributed by atoms with Crippen LogP contribution in [0.4, 0.5) is 11.4 Å². The normalized spacial score (nSPS) is 12.5. The van der Waals surface area contributed by atoms with E-state index in [0.717, 1.165) is 20.1 Å². The van der Waals surface area contributed by atoms with Gasteiger partial charge in [0.2, 0.25) is 10.0 Å². The van der Waals surface area contributed by atoms with E-state index in [1.807, 2.05) is 0 Å². The number of ether oxygens (including phenoxy) is 1. The van der Waals surface area contributed by atoms with Gasteiger partial charge >= 0.3 is 11.9 Å². The second-order valence-electron chi connectivity index (χ2n) is 3.92. The molecule has 0 saturated heterocycles. The van der Waals surface area contributed by atoms with Gasteiger partial charge in [0, 0.05) is 0 Å². The number of hydrogen-bond acceptors (Lipinski definition) is 6. The molecule has 8 nitrogen and oxygen atoms in total. The lowest BCUT2D eigenvalue weighted by molar-refractivity contribution is -0.139. The highest BCUT2D eigenvalue weighted by Gasteiger charge is 2.29. The van der Waals surface area contributed by atoms with E-state index in [-0.39, 0.29) is 16.9 Å². The predicted molar refractivity (Wildman–Crippen MR) is 71.8 cm³/mol. The van der Waals surface area contributed by atoms with E-state index in [1.165, 1.54) is 12.1 Å². The number of nitrogens with two attached hydrogens (primary N) is 1. The number of carbonyl (C=O) groups is 2. The molecule has 4 N–H and O–H groups in total. The summed E-state index contributed by atoms with van der Waals surface area (Å²) in [5.74, 6) is -2.10. The molecule has 1 atom stereocenters. The van der Waals surface area contributed by atoms with Crippen LogP contribution in [0.5, 0.6) is 0 Å². The number of nitrogen functional groups attached to an aromatic ring is 1. The summed E-state index contributed by atoms with van der Waals surface area (Å²) in [6, 6.07) is 3.52. The van der Waals surface area contributed by atoms with Gasteiger partial charge in [-0.2, -0.15) is 0 Å². The van der Waals surface area contributed by atoms with Crippen molar-refractivity contribution in [2.75, 3.05) is 17.6 Å². The maximum atomic E-state index is 11.9. The topological polar surface area (TPSA) is 136 Å². The largest absolute Gasteiger partial charge is 0.478 e. The second-order valence-corrected chi connectivity index (χ2v) is 5.92. The molecule has 0 heterocycles. The van der Waals surface area contributed by atoms with Crippen molar-refractivity contribution in [2.45, 2.75) is 12.2 Å². The number of benzene rings is 1. The van der Waals surface area contributed by atoms with E-state index in [4.69, 9.17) is 10.8 Å². The first-order valence-electron chi connectivity index (χ1n) is 5.41. The summed E-state index contributed by atoms with van der Waals surface area (Å²) >= 11 is 0. The Morgan fingerprint density at radius 3 is 2.45 bits per heavy atom. The van der Waals surface area contributed by atoms with Crippen molar-refractivity contribution < 1.29 is 27.9 Å². The van der Waals surface area contributed by atoms with Crippen molar-refractivity contribution in [1.82, 2.24) is 0 Å². The number of carboxylic acids is 1. The van der Waals surface area contributed by atoms with Gasteiger partial charge in [-0.1, -0.05) is 0 Å². The van der Waals surface area contributed by atoms with Crippen molar-refractivity contribution in [3.63, 3.8) is 0 Å². The van der Waals surface area contributed by atoms with Gasteiger partial charge in [0.15, 0.2) is 5.25 Å². The molecule has 110 valence electrons. The second kappa shape index (κ2) is 5.78. The number of carbonyl (C=O) groups excluding carboxylic acids is 1. The number of sulfonamides is 1. The Balaban J connectivity index is 3.04. The van der Waals surface area contributed by atoms with Gasteiger partial charge in [-0.25, -0.2) is 13.2 Å². The summed E-state index contributed by atoms with van der Waals surface area (Å²) in [5.41, 5.74) is 5.42. The third kappa shape index (κ3) is 3.38. The van der Waals surface area contributed by atoms with Crippen LogP contribution in [0.25, 0.3) is 0 Å². The quantitative estimate of drug-likeness (QED) is 0.524. The highest BCUT2D eigenvalue weighted by Crippen LogP contribution is 2.22. The molecule has 0 aliphatic rings. The Labute approximate surface area is 115 Å². The van der Waals surface area contributed by atoms with Crippen molar-refractivity contribution in [3.8, 4) is 0 Å². The van der Waals surface area contributed by atoms with E-state index >= 15 is 0 Å². The monoisotopic (exact) mass is 302 g/mol. The maximum absolute atomic E-state index is 11.9. The number of carboxylic acid groups (broad SMARTS) is 1. The van der Waals surface area contributed by atoms with Gasteiger partial charge in [0.05, 0.1) is 24.0 Å². The Morgan fingerprint density at radius 2 is 2.00 bits per heavy atom. The standard InChI is InChI=1S/C11H14N2O6S/c1-6(11(16)19-2)20(17,18)13-9-4-3-7(10(14)15)5-8(9)12/h3-6,13H,12H2,1-2H3,(H,14,15). The summed E-state index contributed by atoms with van der Waals surface area (Å²) in [4.78, 5) is 22.0. The molecule has 1 rings (SSSR count). The molecule has 1 aromatic rings. The highest BCUT2D eigenvalue weighted by molar-refractivity contribution is 7.94. The number of hydrogen-bond donors (Lipinski definition) is 3. The van der Waals surface area contributed by atoms with Gasteiger partial charge in [-0.05, 0) is 25.1 Å². The molecule has 0 radical (unpaired) electrons. The highest BCUT2D eigenvalue weighted by atomic mass is 32.2. The van der Waals surface area contributed by atoms with Crippen molar-refractivity contribution in [3.05, 3.63) is 23.8 Å². The smallest absolute Gasteiger partial charge is 0.335 e. The van der Waals surface area contributed by atoms with Gasteiger partial charge in [0.1, 0.15) is 0 Å². The Morgan fingerprint density at radius 1 is 1.40 bits per heavy atom. The predicted octanol–water partition coefficient (Wildman–Crippen LogP) is 0.270. The van der Waals surface area contributed by atoms with Crippen LogP contribution in [-0.4, -0.2) is 37.8 Å². The van der Waals surface area contributed by atoms with E-state index in [0.29, 0.717) is 0 Å². The van der Waals surface area contributed by atoms with E-state index < -0.39 is 27.2 Å². The zero-order valence-corrected chi connectivity index (χ0v) is 11.6. The number of methoxy groups -OCH3 is 1. The lowest BCUT2D eigenvalue weighted by atomic mass is 10.2. The minimum absolute atomic E-state index is 0.00856. The van der Waals surface area contributed by atoms with Crippen molar-refractivity contribution in [2.24, 2.45) is 0 Å². The van der Waals surface area contributed by atoms with Crippen LogP contribution in [0, 0.1) is 0 Å². The molecule has 9 heteroatoms. The minimum Gasteiger partial charge on any atom is -0.478 e. The summed E-state index contributed by atoms with van der Waals surface area (Å²) in [5, 5.41) is 7.35. The van der Waals surface area contributed by atoms with E-state index in [2.05, 4.69) is 9.46 Å². The number of anilines is 2. The Hall–Kier alpha value is -2.29. The summed E-state index contributed by atoms with van der Waals surface area (Å²) in [7, 11) is -2.96. The molecule has 0 fully saturated rings. The van der Waals surface area contributed by atoms with Gasteiger partial charge in [0.25, 0.3) is 0 Å². The number of rotatable bonds is 5. The van der Waals surface area contributed by atoms with Crippen LogP contribution in [-0.2, 0) is 19.6 Å². The van der Waals surface area contributed by atoms with Gasteiger partial charge in [-0.3, -0.25) is 9.52 Å². The molecular weight excluding hydrogens is 288 g/mol. The van der Waals surface area contributed by atoms with Crippen molar-refractivity contribution in [1.29, 1.82) is 0 Å². The third-order valence-corrected chi connectivity index (χ3v) is 4.18. The fraction of sp³-hybridized carbons (Fsp3) is 0.273. The molecule has 0 saturated carbocycles. The van der Waals surface area contributed by atoms with E-state index in [1.54, 1.807) is 0 Å². The SMILES string of the molecule is COC(=O)C(C)S(=O)(=O)Nc1ccc(C(=O)O)cc1N. The summed E-state index contributed by atoms with van der Waals surface area (Å²) in [6.07, 6.45) is 0. The maximum Gasteiger partial charge on any atom is 0.335 e. The van der Waals surface area contributed by atoms with Crippen LogP contribution in [0.2, 0.25) is 0 Å². The van der Waals surface area contributed by atoms with Crippen molar-refractivity contribution >= 4 is 33.3 Å². The Bertz CT molecular complexity index is 640. The zero-order chi connectivity index (χ0) is 15.5.